The number of hydrogen-bond donors (Lipinski definition) is 1. The van der Waals surface area contributed by atoms with Crippen LogP contribution in [0.2, 0.25) is 0 Å². The summed E-state index contributed by atoms with van der Waals surface area (Å²) >= 11 is 1.32. The lowest BCUT2D eigenvalue weighted by molar-refractivity contribution is 0.0701. The van der Waals surface area contributed by atoms with E-state index in [-0.39, 0.29) is 0 Å². The molecule has 0 aliphatic heterocycles. The van der Waals surface area contributed by atoms with E-state index < -0.39 is 5.97 Å². The summed E-state index contributed by atoms with van der Waals surface area (Å²) in [6.07, 6.45) is 0. The maximum atomic E-state index is 11.5. The largest absolute Gasteiger partial charge is 0.477 e. The Balaban J connectivity index is 2.16. The molecule has 0 unspecified atom stereocenters. The van der Waals surface area contributed by atoms with Gasteiger partial charge >= 0.3 is 5.97 Å². The zero-order valence-electron chi connectivity index (χ0n) is 11.3. The second-order valence-electron chi connectivity index (χ2n) is 4.80. The average Bonchev–Trinajstić information content (AvgIpc) is 2.91. The van der Waals surface area contributed by atoms with E-state index in [0.29, 0.717) is 11.4 Å². The van der Waals surface area contributed by atoms with Crippen molar-refractivity contribution in [1.82, 2.24) is 9.78 Å². The van der Waals surface area contributed by atoms with Crippen LogP contribution in [0.4, 0.5) is 0 Å². The van der Waals surface area contributed by atoms with E-state index in [0.717, 1.165) is 27.0 Å². The van der Waals surface area contributed by atoms with E-state index in [1.165, 1.54) is 11.3 Å². The standard InChI is InChI=1S/C15H14N2O2S/c1-9-7-10(2)17(16-9)8-12-11-5-3-4-6-13(11)20-14(12)15(18)19/h3-7H,8H2,1-2H3,(H,18,19). The van der Waals surface area contributed by atoms with Crippen LogP contribution in [-0.2, 0) is 6.54 Å². The topological polar surface area (TPSA) is 55.1 Å². The number of fused-ring (bicyclic) bond motifs is 1. The van der Waals surface area contributed by atoms with Crippen LogP contribution in [-0.4, -0.2) is 20.9 Å². The van der Waals surface area contributed by atoms with Gasteiger partial charge in [0.15, 0.2) is 0 Å². The highest BCUT2D eigenvalue weighted by Gasteiger charge is 2.18. The number of rotatable bonds is 3. The van der Waals surface area contributed by atoms with Crippen LogP contribution in [0, 0.1) is 13.8 Å². The molecule has 0 saturated carbocycles. The summed E-state index contributed by atoms with van der Waals surface area (Å²) in [6.45, 7) is 4.41. The van der Waals surface area contributed by atoms with Gasteiger partial charge in [0.2, 0.25) is 0 Å². The Kier molecular flexibility index (Phi) is 3.06. The first kappa shape index (κ1) is 12.9. The summed E-state index contributed by atoms with van der Waals surface area (Å²) < 4.78 is 2.86. The second kappa shape index (κ2) is 4.76. The van der Waals surface area contributed by atoms with Gasteiger partial charge in [0.1, 0.15) is 4.88 Å². The maximum absolute atomic E-state index is 11.5. The van der Waals surface area contributed by atoms with E-state index in [4.69, 9.17) is 0 Å². The number of carboxylic acids is 1. The van der Waals surface area contributed by atoms with E-state index in [9.17, 15) is 9.90 Å². The molecule has 0 saturated heterocycles. The molecular weight excluding hydrogens is 272 g/mol. The molecule has 4 nitrogen and oxygen atoms in total. The lowest BCUT2D eigenvalue weighted by Gasteiger charge is -2.05. The highest BCUT2D eigenvalue weighted by molar-refractivity contribution is 7.21. The van der Waals surface area contributed by atoms with Crippen molar-refractivity contribution in [3.8, 4) is 0 Å². The molecule has 3 aromatic rings. The Morgan fingerprint density at radius 3 is 2.75 bits per heavy atom. The summed E-state index contributed by atoms with van der Waals surface area (Å²) in [6, 6.07) is 9.79. The van der Waals surface area contributed by atoms with Crippen molar-refractivity contribution in [1.29, 1.82) is 0 Å². The van der Waals surface area contributed by atoms with Crippen LogP contribution < -0.4 is 0 Å². The van der Waals surface area contributed by atoms with Crippen molar-refractivity contribution in [2.24, 2.45) is 0 Å². The molecule has 1 aromatic carbocycles. The predicted molar refractivity (Wildman–Crippen MR) is 79.6 cm³/mol. The zero-order valence-corrected chi connectivity index (χ0v) is 12.1. The Labute approximate surface area is 120 Å². The van der Waals surface area contributed by atoms with Crippen molar-refractivity contribution in [2.75, 3.05) is 0 Å². The second-order valence-corrected chi connectivity index (χ2v) is 5.85. The van der Waals surface area contributed by atoms with E-state index in [2.05, 4.69) is 5.10 Å². The average molecular weight is 286 g/mol. The molecular formula is C15H14N2O2S. The summed E-state index contributed by atoms with van der Waals surface area (Å²) in [5.41, 5.74) is 2.82. The number of carbonyl (C=O) groups is 1. The van der Waals surface area contributed by atoms with Crippen LogP contribution in [0.25, 0.3) is 10.1 Å². The number of thiophene rings is 1. The summed E-state index contributed by atoms with van der Waals surface area (Å²) in [4.78, 5) is 11.9. The van der Waals surface area contributed by atoms with Crippen molar-refractivity contribution in [3.63, 3.8) is 0 Å². The summed E-state index contributed by atoms with van der Waals surface area (Å²) in [5, 5.41) is 14.8. The molecule has 5 heteroatoms. The fourth-order valence-electron chi connectivity index (χ4n) is 2.41. The van der Waals surface area contributed by atoms with E-state index in [1.54, 1.807) is 0 Å². The molecule has 0 atom stereocenters. The van der Waals surface area contributed by atoms with Gasteiger partial charge < -0.3 is 5.11 Å². The minimum Gasteiger partial charge on any atom is -0.477 e. The van der Waals surface area contributed by atoms with E-state index in [1.807, 2.05) is 48.9 Å². The predicted octanol–water partition coefficient (Wildman–Crippen LogP) is 3.46. The third kappa shape index (κ3) is 2.10. The van der Waals surface area contributed by atoms with Crippen molar-refractivity contribution < 1.29 is 9.90 Å². The molecule has 1 N–H and O–H groups in total. The first-order valence-corrected chi connectivity index (χ1v) is 7.12. The molecule has 102 valence electrons. The van der Waals surface area contributed by atoms with Gasteiger partial charge in [-0.05, 0) is 31.4 Å². The van der Waals surface area contributed by atoms with Crippen molar-refractivity contribution >= 4 is 27.4 Å². The van der Waals surface area contributed by atoms with Crippen LogP contribution in [0.1, 0.15) is 26.6 Å². The van der Waals surface area contributed by atoms with Gasteiger partial charge in [0.25, 0.3) is 0 Å². The summed E-state index contributed by atoms with van der Waals surface area (Å²) in [5.74, 6) is -0.872. The molecule has 2 aromatic heterocycles. The van der Waals surface area contributed by atoms with E-state index >= 15 is 0 Å². The Morgan fingerprint density at radius 2 is 2.10 bits per heavy atom. The van der Waals surface area contributed by atoms with Crippen molar-refractivity contribution in [2.45, 2.75) is 20.4 Å². The lowest BCUT2D eigenvalue weighted by Crippen LogP contribution is -2.07. The number of benzene rings is 1. The minimum atomic E-state index is -0.872. The third-order valence-corrected chi connectivity index (χ3v) is 4.50. The highest BCUT2D eigenvalue weighted by atomic mass is 32.1. The number of hydrogen-bond acceptors (Lipinski definition) is 3. The van der Waals surface area contributed by atoms with Gasteiger partial charge in [0, 0.05) is 16.0 Å². The van der Waals surface area contributed by atoms with Crippen LogP contribution in [0.15, 0.2) is 30.3 Å². The minimum absolute atomic E-state index is 0.402. The Hall–Kier alpha value is -2.14. The molecule has 2 heterocycles. The van der Waals surface area contributed by atoms with Crippen LogP contribution in [0.5, 0.6) is 0 Å². The number of nitrogens with zero attached hydrogens (tertiary/aromatic N) is 2. The highest BCUT2D eigenvalue weighted by Crippen LogP contribution is 2.32. The monoisotopic (exact) mass is 286 g/mol. The van der Waals surface area contributed by atoms with Gasteiger partial charge in [-0.1, -0.05) is 18.2 Å². The fraction of sp³-hybridized carbons (Fsp3) is 0.200. The molecule has 0 aliphatic rings. The lowest BCUT2D eigenvalue weighted by atomic mass is 10.1. The van der Waals surface area contributed by atoms with Gasteiger partial charge in [-0.3, -0.25) is 4.68 Å². The SMILES string of the molecule is Cc1cc(C)n(Cc2c(C(=O)O)sc3ccccc23)n1. The number of aromatic carboxylic acids is 1. The third-order valence-electron chi connectivity index (χ3n) is 3.30. The first-order valence-electron chi connectivity index (χ1n) is 6.31. The van der Waals surface area contributed by atoms with Crippen LogP contribution >= 0.6 is 11.3 Å². The number of aromatic nitrogens is 2. The quantitative estimate of drug-likeness (QED) is 0.802. The van der Waals surface area contributed by atoms with Gasteiger partial charge in [-0.15, -0.1) is 11.3 Å². The molecule has 0 fully saturated rings. The number of carboxylic acid groups (broad SMARTS) is 1. The molecule has 0 bridgehead atoms. The molecule has 0 aliphatic carbocycles. The van der Waals surface area contributed by atoms with Gasteiger partial charge in [0.05, 0.1) is 12.2 Å². The Morgan fingerprint density at radius 1 is 1.35 bits per heavy atom. The molecule has 0 amide bonds. The van der Waals surface area contributed by atoms with Gasteiger partial charge in [-0.2, -0.15) is 5.10 Å². The molecule has 3 rings (SSSR count). The normalized spacial score (nSPS) is 11.1. The fourth-order valence-corrected chi connectivity index (χ4v) is 3.47. The van der Waals surface area contributed by atoms with Gasteiger partial charge in [-0.25, -0.2) is 4.79 Å². The van der Waals surface area contributed by atoms with Crippen molar-refractivity contribution in [3.05, 3.63) is 52.2 Å². The molecule has 20 heavy (non-hydrogen) atoms. The van der Waals surface area contributed by atoms with Crippen LogP contribution in [0.3, 0.4) is 0 Å². The zero-order chi connectivity index (χ0) is 14.3. The maximum Gasteiger partial charge on any atom is 0.346 e. The summed E-state index contributed by atoms with van der Waals surface area (Å²) in [7, 11) is 0. The first-order chi connectivity index (χ1) is 9.56. The molecule has 0 radical (unpaired) electrons. The Bertz CT molecular complexity index is 801. The smallest absolute Gasteiger partial charge is 0.346 e. The molecule has 0 spiro atoms. The number of aryl methyl sites for hydroxylation is 2.